The summed E-state index contributed by atoms with van der Waals surface area (Å²) < 4.78 is 5.31. The summed E-state index contributed by atoms with van der Waals surface area (Å²) in [6, 6.07) is 20.0. The molecular formula is C28H27N3O5. The molecule has 0 bridgehead atoms. The second kappa shape index (κ2) is 10.0. The third-order valence-electron chi connectivity index (χ3n) is 5.50. The molecule has 8 heteroatoms. The summed E-state index contributed by atoms with van der Waals surface area (Å²) in [5.41, 5.74) is 0.286. The molecule has 0 unspecified atom stereocenters. The second-order valence-corrected chi connectivity index (χ2v) is 9.37. The molecule has 0 saturated carbocycles. The van der Waals surface area contributed by atoms with Gasteiger partial charge in [-0.2, -0.15) is 0 Å². The van der Waals surface area contributed by atoms with Crippen molar-refractivity contribution in [1.29, 1.82) is 0 Å². The van der Waals surface area contributed by atoms with Crippen LogP contribution in [0.25, 0.3) is 21.5 Å². The van der Waals surface area contributed by atoms with Crippen LogP contribution in [0.15, 0.2) is 83.0 Å². The van der Waals surface area contributed by atoms with Crippen LogP contribution in [-0.2, 0) is 16.0 Å². The van der Waals surface area contributed by atoms with E-state index in [-0.39, 0.29) is 29.0 Å². The van der Waals surface area contributed by atoms with Gasteiger partial charge in [-0.1, -0.05) is 66.7 Å². The van der Waals surface area contributed by atoms with Gasteiger partial charge in [0, 0.05) is 22.6 Å². The summed E-state index contributed by atoms with van der Waals surface area (Å²) in [5.74, 6) is -0.769. The van der Waals surface area contributed by atoms with E-state index in [9.17, 15) is 19.8 Å². The third-order valence-corrected chi connectivity index (χ3v) is 5.50. The number of alkyl carbamates (subject to hydrolysis) is 1. The fraction of sp³-hybridized carbons (Fsp3) is 0.214. The smallest absolute Gasteiger partial charge is 0.408 e. The number of aromatic hydroxyl groups is 2. The van der Waals surface area contributed by atoms with Gasteiger partial charge in [0.2, 0.25) is 0 Å². The summed E-state index contributed by atoms with van der Waals surface area (Å²) >= 11 is 0. The van der Waals surface area contributed by atoms with Crippen molar-refractivity contribution in [2.24, 2.45) is 10.2 Å². The van der Waals surface area contributed by atoms with Crippen LogP contribution >= 0.6 is 0 Å². The van der Waals surface area contributed by atoms with Gasteiger partial charge in [0.15, 0.2) is 0 Å². The van der Waals surface area contributed by atoms with Crippen molar-refractivity contribution in [1.82, 2.24) is 5.32 Å². The molecule has 1 atom stereocenters. The number of benzene rings is 4. The van der Waals surface area contributed by atoms with Crippen LogP contribution in [0.4, 0.5) is 10.5 Å². The first-order valence-electron chi connectivity index (χ1n) is 11.5. The van der Waals surface area contributed by atoms with Crippen LogP contribution in [0.3, 0.4) is 0 Å². The van der Waals surface area contributed by atoms with Crippen LogP contribution in [0.2, 0.25) is 0 Å². The Bertz CT molecular complexity index is 1460. The van der Waals surface area contributed by atoms with Gasteiger partial charge in [0.05, 0.1) is 11.1 Å². The van der Waals surface area contributed by atoms with Crippen molar-refractivity contribution < 1.29 is 24.5 Å². The number of carbonyl (C=O) groups is 2. The molecular weight excluding hydrogens is 458 g/mol. The van der Waals surface area contributed by atoms with Crippen LogP contribution in [0.5, 0.6) is 11.5 Å². The minimum Gasteiger partial charge on any atom is -0.507 e. The van der Waals surface area contributed by atoms with Crippen LogP contribution < -0.4 is 5.32 Å². The Balaban J connectivity index is 1.68. The van der Waals surface area contributed by atoms with Crippen LogP contribution in [-0.4, -0.2) is 33.9 Å². The van der Waals surface area contributed by atoms with Gasteiger partial charge in [-0.05, 0) is 32.4 Å². The Morgan fingerprint density at radius 3 is 2.14 bits per heavy atom. The van der Waals surface area contributed by atoms with Crippen molar-refractivity contribution in [3.05, 3.63) is 78.4 Å². The highest BCUT2D eigenvalue weighted by Gasteiger charge is 2.25. The number of fused-ring (bicyclic) bond motifs is 2. The van der Waals surface area contributed by atoms with Crippen LogP contribution in [0.1, 0.15) is 26.3 Å². The molecule has 0 spiro atoms. The largest absolute Gasteiger partial charge is 0.507 e. The maximum absolute atomic E-state index is 13.1. The number of rotatable bonds is 5. The fourth-order valence-electron chi connectivity index (χ4n) is 3.92. The van der Waals surface area contributed by atoms with Crippen molar-refractivity contribution in [3.63, 3.8) is 0 Å². The number of phenolic OH excluding ortho intramolecular Hbond substituents is 2. The van der Waals surface area contributed by atoms with Crippen molar-refractivity contribution in [2.45, 2.75) is 38.8 Å². The first kappa shape index (κ1) is 24.7. The van der Waals surface area contributed by atoms with E-state index < -0.39 is 23.6 Å². The molecule has 36 heavy (non-hydrogen) atoms. The van der Waals surface area contributed by atoms with Gasteiger partial charge in [0.25, 0.3) is 5.91 Å². The molecule has 0 aliphatic rings. The first-order chi connectivity index (χ1) is 17.1. The highest BCUT2D eigenvalue weighted by molar-refractivity contribution is 6.14. The van der Waals surface area contributed by atoms with E-state index in [1.54, 1.807) is 63.2 Å². The van der Waals surface area contributed by atoms with Crippen molar-refractivity contribution in [2.75, 3.05) is 0 Å². The summed E-state index contributed by atoms with van der Waals surface area (Å²) in [6.07, 6.45) is -0.560. The number of nitrogens with zero attached hydrogens (tertiary/aromatic N) is 2. The molecule has 0 fully saturated rings. The predicted octanol–water partition coefficient (Wildman–Crippen LogP) is 6.15. The summed E-state index contributed by atoms with van der Waals surface area (Å²) in [6.45, 7) is 5.19. The summed E-state index contributed by atoms with van der Waals surface area (Å²) in [4.78, 5) is 25.5. The molecule has 8 nitrogen and oxygen atoms in total. The molecule has 184 valence electrons. The zero-order valence-electron chi connectivity index (χ0n) is 20.2. The maximum Gasteiger partial charge on any atom is 0.408 e. The lowest BCUT2D eigenvalue weighted by molar-refractivity contribution is -0.120. The molecule has 4 aromatic rings. The number of carbonyl (C=O) groups excluding carboxylic acids is 2. The van der Waals surface area contributed by atoms with E-state index in [2.05, 4.69) is 15.5 Å². The third kappa shape index (κ3) is 5.43. The Hall–Kier alpha value is -4.46. The number of amides is 2. The number of phenols is 2. The normalized spacial score (nSPS) is 12.6. The maximum atomic E-state index is 13.1. The predicted molar refractivity (Wildman–Crippen MR) is 138 cm³/mol. The lowest BCUT2D eigenvalue weighted by atomic mass is 9.99. The lowest BCUT2D eigenvalue weighted by Gasteiger charge is -2.22. The molecule has 0 saturated heterocycles. The van der Waals surface area contributed by atoms with Gasteiger partial charge in [-0.15, -0.1) is 10.2 Å². The monoisotopic (exact) mass is 485 g/mol. The Labute approximate surface area is 208 Å². The number of azo groups is 1. The standard InChI is InChI=1S/C28H27N3O5/c1-28(2,3)36-27(35)29-22(16-17-10-5-4-6-11-17)26(34)31-30-21-15-9-14-20-23(21)25(33)19-13-8-7-12-18(19)24(20)32/h4-15,22,32-33H,16H2,1-3H3,(H,29,35)/t22-/m1/s1. The highest BCUT2D eigenvalue weighted by atomic mass is 16.6. The molecule has 4 rings (SSSR count). The van der Waals surface area contributed by atoms with E-state index in [4.69, 9.17) is 4.74 Å². The second-order valence-electron chi connectivity index (χ2n) is 9.37. The minimum absolute atomic E-state index is 0.00433. The van der Waals surface area contributed by atoms with Gasteiger partial charge < -0.3 is 20.3 Å². The van der Waals surface area contributed by atoms with Gasteiger partial charge >= 0.3 is 6.09 Å². The van der Waals surface area contributed by atoms with Gasteiger partial charge in [-0.25, -0.2) is 4.79 Å². The number of nitrogens with one attached hydrogen (secondary N) is 1. The molecule has 0 aliphatic heterocycles. The highest BCUT2D eigenvalue weighted by Crippen LogP contribution is 2.45. The quantitative estimate of drug-likeness (QED) is 0.178. The molecule has 0 radical (unpaired) electrons. The molecule has 0 heterocycles. The zero-order valence-corrected chi connectivity index (χ0v) is 20.2. The molecule has 3 N–H and O–H groups in total. The average molecular weight is 486 g/mol. The van der Waals surface area contributed by atoms with Crippen molar-refractivity contribution in [3.8, 4) is 11.5 Å². The Morgan fingerprint density at radius 1 is 0.861 bits per heavy atom. The number of ether oxygens (including phenoxy) is 1. The van der Waals surface area contributed by atoms with E-state index in [1.165, 1.54) is 0 Å². The fourth-order valence-corrected chi connectivity index (χ4v) is 3.92. The molecule has 4 aromatic carbocycles. The average Bonchev–Trinajstić information content (AvgIpc) is 2.84. The van der Waals surface area contributed by atoms with Gasteiger partial charge in [0.1, 0.15) is 23.1 Å². The number of hydrogen-bond acceptors (Lipinski definition) is 6. The molecule has 0 aromatic heterocycles. The van der Waals surface area contributed by atoms with Gasteiger partial charge in [-0.3, -0.25) is 4.79 Å². The zero-order chi connectivity index (χ0) is 25.9. The Kier molecular flexibility index (Phi) is 6.87. The topological polar surface area (TPSA) is 121 Å². The molecule has 2 amide bonds. The summed E-state index contributed by atoms with van der Waals surface area (Å²) in [5, 5.41) is 33.9. The van der Waals surface area contributed by atoms with Crippen molar-refractivity contribution >= 4 is 39.2 Å². The van der Waals surface area contributed by atoms with E-state index in [0.29, 0.717) is 16.2 Å². The summed E-state index contributed by atoms with van der Waals surface area (Å²) in [7, 11) is 0. The SMILES string of the molecule is CC(C)(C)OC(=O)N[C@H](Cc1ccccc1)C(=O)N=Nc1cccc2c(O)c3ccccc3c(O)c12. The minimum atomic E-state index is -1.02. The molecule has 0 aliphatic carbocycles. The lowest BCUT2D eigenvalue weighted by Crippen LogP contribution is -2.44. The van der Waals surface area contributed by atoms with E-state index >= 15 is 0 Å². The first-order valence-corrected chi connectivity index (χ1v) is 11.5. The van der Waals surface area contributed by atoms with E-state index in [0.717, 1.165) is 5.56 Å². The van der Waals surface area contributed by atoms with E-state index in [1.807, 2.05) is 30.3 Å². The van der Waals surface area contributed by atoms with Crippen LogP contribution in [0, 0.1) is 0 Å². The number of hydrogen-bond donors (Lipinski definition) is 3. The Morgan fingerprint density at radius 2 is 1.47 bits per heavy atom.